The van der Waals surface area contributed by atoms with Crippen molar-refractivity contribution in [1.82, 2.24) is 4.90 Å². The van der Waals surface area contributed by atoms with Crippen LogP contribution in [-0.4, -0.2) is 29.4 Å². The fraction of sp³-hybridized carbons (Fsp3) is 0.400. The highest BCUT2D eigenvalue weighted by Crippen LogP contribution is 2.27. The molecule has 0 aliphatic heterocycles. The Balaban J connectivity index is 1.96. The third kappa shape index (κ3) is 3.20. The van der Waals surface area contributed by atoms with Gasteiger partial charge in [0, 0.05) is 12.6 Å². The van der Waals surface area contributed by atoms with Crippen LogP contribution < -0.4 is 5.73 Å². The minimum atomic E-state index is -0.451. The van der Waals surface area contributed by atoms with Crippen molar-refractivity contribution in [2.75, 3.05) is 6.54 Å². The van der Waals surface area contributed by atoms with Gasteiger partial charge in [-0.2, -0.15) is 0 Å². The van der Waals surface area contributed by atoms with Crippen molar-refractivity contribution in [1.29, 1.82) is 0 Å². The number of carbonyl (C=O) groups excluding carboxylic acids is 1. The molecule has 3 heteroatoms. The fourth-order valence-corrected chi connectivity index (χ4v) is 2.11. The zero-order valence-corrected chi connectivity index (χ0v) is 10.6. The number of carbonyl (C=O) groups is 1. The van der Waals surface area contributed by atoms with Gasteiger partial charge >= 0.3 is 0 Å². The molecule has 0 radical (unpaired) electrons. The third-order valence-corrected chi connectivity index (χ3v) is 3.21. The molecule has 1 aromatic rings. The average molecular weight is 244 g/mol. The first-order valence-electron chi connectivity index (χ1n) is 6.43. The predicted octanol–water partition coefficient (Wildman–Crippen LogP) is 1.73. The standard InChI is InChI=1S/C15H20N2O/c1-2-10-17(13-8-9-13)15(18)14(16)11-12-6-4-3-5-7-12/h2-7,13-14H,1,8-11,16H2. The maximum atomic E-state index is 12.3. The molecule has 3 nitrogen and oxygen atoms in total. The highest BCUT2D eigenvalue weighted by Gasteiger charge is 2.33. The summed E-state index contributed by atoms with van der Waals surface area (Å²) in [5.41, 5.74) is 7.12. The van der Waals surface area contributed by atoms with Gasteiger partial charge in [0.15, 0.2) is 0 Å². The van der Waals surface area contributed by atoms with Crippen LogP contribution in [0.1, 0.15) is 18.4 Å². The number of rotatable bonds is 6. The van der Waals surface area contributed by atoms with Crippen molar-refractivity contribution in [3.8, 4) is 0 Å². The van der Waals surface area contributed by atoms with Gasteiger partial charge in [0.2, 0.25) is 5.91 Å². The molecule has 1 fully saturated rings. The summed E-state index contributed by atoms with van der Waals surface area (Å²) in [7, 11) is 0. The van der Waals surface area contributed by atoms with Gasteiger partial charge in [-0.05, 0) is 24.8 Å². The molecule has 0 aromatic heterocycles. The SMILES string of the molecule is C=CCN(C(=O)C(N)Cc1ccccc1)C1CC1. The van der Waals surface area contributed by atoms with Crippen LogP contribution in [0.25, 0.3) is 0 Å². The second-order valence-corrected chi connectivity index (χ2v) is 4.81. The molecule has 1 aliphatic rings. The lowest BCUT2D eigenvalue weighted by Crippen LogP contribution is -2.46. The maximum Gasteiger partial charge on any atom is 0.240 e. The summed E-state index contributed by atoms with van der Waals surface area (Å²) >= 11 is 0. The van der Waals surface area contributed by atoms with E-state index in [0.29, 0.717) is 19.0 Å². The second-order valence-electron chi connectivity index (χ2n) is 4.81. The quantitative estimate of drug-likeness (QED) is 0.775. The Bertz CT molecular complexity index is 412. The molecular formula is C15H20N2O. The van der Waals surface area contributed by atoms with E-state index in [4.69, 9.17) is 5.73 Å². The summed E-state index contributed by atoms with van der Waals surface area (Å²) in [4.78, 5) is 14.1. The van der Waals surface area contributed by atoms with Gasteiger partial charge in [0.1, 0.15) is 0 Å². The van der Waals surface area contributed by atoms with E-state index in [-0.39, 0.29) is 5.91 Å². The summed E-state index contributed by atoms with van der Waals surface area (Å²) in [6.07, 6.45) is 4.56. The number of nitrogens with two attached hydrogens (primary N) is 1. The van der Waals surface area contributed by atoms with Crippen molar-refractivity contribution in [2.24, 2.45) is 5.73 Å². The number of hydrogen-bond acceptors (Lipinski definition) is 2. The summed E-state index contributed by atoms with van der Waals surface area (Å²) in [5.74, 6) is 0.0428. The van der Waals surface area contributed by atoms with E-state index >= 15 is 0 Å². The van der Waals surface area contributed by atoms with Gasteiger partial charge in [-0.1, -0.05) is 36.4 Å². The largest absolute Gasteiger partial charge is 0.335 e. The molecule has 0 saturated heterocycles. The highest BCUT2D eigenvalue weighted by molar-refractivity contribution is 5.82. The van der Waals surface area contributed by atoms with E-state index in [1.807, 2.05) is 35.2 Å². The molecule has 1 unspecified atom stereocenters. The normalized spacial score (nSPS) is 16.1. The number of amides is 1. The lowest BCUT2D eigenvalue weighted by molar-refractivity contribution is -0.132. The van der Waals surface area contributed by atoms with Crippen molar-refractivity contribution >= 4 is 5.91 Å². The molecule has 2 N–H and O–H groups in total. The Kier molecular flexibility index (Phi) is 4.15. The molecule has 1 amide bonds. The van der Waals surface area contributed by atoms with Gasteiger partial charge in [-0.15, -0.1) is 6.58 Å². The summed E-state index contributed by atoms with van der Waals surface area (Å²) < 4.78 is 0. The first kappa shape index (κ1) is 12.8. The van der Waals surface area contributed by atoms with Gasteiger partial charge < -0.3 is 10.6 Å². The molecule has 1 aliphatic carbocycles. The molecule has 1 aromatic carbocycles. The van der Waals surface area contributed by atoms with Crippen LogP contribution in [-0.2, 0) is 11.2 Å². The van der Waals surface area contributed by atoms with Gasteiger partial charge in [0.05, 0.1) is 6.04 Å². The maximum absolute atomic E-state index is 12.3. The Hall–Kier alpha value is -1.61. The monoisotopic (exact) mass is 244 g/mol. The van der Waals surface area contributed by atoms with E-state index in [1.165, 1.54) is 0 Å². The minimum Gasteiger partial charge on any atom is -0.335 e. The Morgan fingerprint density at radius 3 is 2.67 bits per heavy atom. The average Bonchev–Trinajstić information content (AvgIpc) is 3.20. The van der Waals surface area contributed by atoms with E-state index in [1.54, 1.807) is 6.08 Å². The van der Waals surface area contributed by atoms with E-state index < -0.39 is 6.04 Å². The van der Waals surface area contributed by atoms with Crippen LogP contribution in [0.3, 0.4) is 0 Å². The van der Waals surface area contributed by atoms with E-state index in [0.717, 1.165) is 18.4 Å². The Morgan fingerprint density at radius 2 is 2.11 bits per heavy atom. The number of hydrogen-bond donors (Lipinski definition) is 1. The van der Waals surface area contributed by atoms with Crippen LogP contribution in [0.15, 0.2) is 43.0 Å². The minimum absolute atomic E-state index is 0.0428. The predicted molar refractivity (Wildman–Crippen MR) is 73.1 cm³/mol. The molecular weight excluding hydrogens is 224 g/mol. The van der Waals surface area contributed by atoms with Gasteiger partial charge in [0.25, 0.3) is 0 Å². The van der Waals surface area contributed by atoms with E-state index in [9.17, 15) is 4.79 Å². The summed E-state index contributed by atoms with van der Waals surface area (Å²) in [6, 6.07) is 9.84. The molecule has 0 bridgehead atoms. The van der Waals surface area contributed by atoms with Crippen molar-refractivity contribution in [2.45, 2.75) is 31.3 Å². The molecule has 18 heavy (non-hydrogen) atoms. The number of nitrogens with zero attached hydrogens (tertiary/aromatic N) is 1. The first-order chi connectivity index (χ1) is 8.72. The Labute approximate surface area is 108 Å². The molecule has 96 valence electrons. The van der Waals surface area contributed by atoms with Gasteiger partial charge in [-0.25, -0.2) is 0 Å². The Morgan fingerprint density at radius 1 is 1.44 bits per heavy atom. The zero-order valence-electron chi connectivity index (χ0n) is 10.6. The van der Waals surface area contributed by atoms with Crippen molar-refractivity contribution < 1.29 is 4.79 Å². The first-order valence-corrected chi connectivity index (χ1v) is 6.43. The van der Waals surface area contributed by atoms with Crippen LogP contribution in [0.5, 0.6) is 0 Å². The van der Waals surface area contributed by atoms with Crippen LogP contribution in [0.2, 0.25) is 0 Å². The van der Waals surface area contributed by atoms with E-state index in [2.05, 4.69) is 6.58 Å². The lowest BCUT2D eigenvalue weighted by Gasteiger charge is -2.24. The summed E-state index contributed by atoms with van der Waals surface area (Å²) in [6.45, 7) is 4.30. The summed E-state index contributed by atoms with van der Waals surface area (Å²) in [5, 5.41) is 0. The molecule has 2 rings (SSSR count). The molecule has 1 atom stereocenters. The molecule has 0 heterocycles. The van der Waals surface area contributed by atoms with Crippen LogP contribution >= 0.6 is 0 Å². The van der Waals surface area contributed by atoms with Crippen LogP contribution in [0, 0.1) is 0 Å². The third-order valence-electron chi connectivity index (χ3n) is 3.21. The molecule has 0 spiro atoms. The lowest BCUT2D eigenvalue weighted by atomic mass is 10.1. The smallest absolute Gasteiger partial charge is 0.240 e. The van der Waals surface area contributed by atoms with Crippen LogP contribution in [0.4, 0.5) is 0 Å². The number of benzene rings is 1. The highest BCUT2D eigenvalue weighted by atomic mass is 16.2. The van der Waals surface area contributed by atoms with Gasteiger partial charge in [-0.3, -0.25) is 4.79 Å². The van der Waals surface area contributed by atoms with Crippen molar-refractivity contribution in [3.05, 3.63) is 48.6 Å². The molecule has 1 saturated carbocycles. The second kappa shape index (κ2) is 5.83. The topological polar surface area (TPSA) is 46.3 Å². The zero-order chi connectivity index (χ0) is 13.0. The van der Waals surface area contributed by atoms with Crippen molar-refractivity contribution in [3.63, 3.8) is 0 Å². The fourth-order valence-electron chi connectivity index (χ4n) is 2.11.